The third kappa shape index (κ3) is 2.61. The van der Waals surface area contributed by atoms with Crippen LogP contribution in [0.3, 0.4) is 0 Å². The topological polar surface area (TPSA) is 59.0 Å². The first-order valence-electron chi connectivity index (χ1n) is 6.64. The number of hydrogen-bond acceptors (Lipinski definition) is 4. The van der Waals surface area contributed by atoms with E-state index in [0.717, 1.165) is 23.3 Å². The Morgan fingerprint density at radius 3 is 3.10 bits per heavy atom. The summed E-state index contributed by atoms with van der Waals surface area (Å²) in [4.78, 5) is 13.2. The largest absolute Gasteiger partial charge is 0.493 e. The predicted molar refractivity (Wildman–Crippen MR) is 73.3 cm³/mol. The van der Waals surface area contributed by atoms with E-state index in [9.17, 15) is 9.90 Å². The van der Waals surface area contributed by atoms with Crippen molar-refractivity contribution in [3.8, 4) is 5.75 Å². The summed E-state index contributed by atoms with van der Waals surface area (Å²) in [6, 6.07) is 3.17. The van der Waals surface area contributed by atoms with E-state index in [1.807, 2.05) is 17.0 Å². The number of ether oxygens (including phenoxy) is 2. The molecule has 1 fully saturated rings. The molecule has 0 spiro atoms. The zero-order valence-electron chi connectivity index (χ0n) is 11.0. The van der Waals surface area contributed by atoms with Gasteiger partial charge >= 0.3 is 5.97 Å². The van der Waals surface area contributed by atoms with Gasteiger partial charge in [-0.1, -0.05) is 11.6 Å². The van der Waals surface area contributed by atoms with Gasteiger partial charge in [-0.3, -0.25) is 9.69 Å². The van der Waals surface area contributed by atoms with Crippen molar-refractivity contribution in [1.82, 2.24) is 4.90 Å². The third-order valence-corrected chi connectivity index (χ3v) is 3.94. The molecule has 108 valence electrons. The van der Waals surface area contributed by atoms with Crippen LogP contribution in [0.1, 0.15) is 11.1 Å². The number of morpholine rings is 1. The summed E-state index contributed by atoms with van der Waals surface area (Å²) in [5.74, 6) is 0.00863. The normalized spacial score (nSPS) is 22.4. The van der Waals surface area contributed by atoms with Crippen LogP contribution in [0.15, 0.2) is 12.1 Å². The molecule has 1 saturated heterocycles. The number of aliphatic carboxylic acids is 1. The van der Waals surface area contributed by atoms with Gasteiger partial charge in [0, 0.05) is 30.1 Å². The molecular formula is C14H16ClNO4. The van der Waals surface area contributed by atoms with E-state index in [-0.39, 0.29) is 6.61 Å². The van der Waals surface area contributed by atoms with Crippen molar-refractivity contribution in [3.63, 3.8) is 0 Å². The molecule has 2 aliphatic rings. The summed E-state index contributed by atoms with van der Waals surface area (Å²) in [7, 11) is 0. The predicted octanol–water partition coefficient (Wildman–Crippen LogP) is 1.56. The van der Waals surface area contributed by atoms with Gasteiger partial charge in [0.2, 0.25) is 0 Å². The average Bonchev–Trinajstić information content (AvgIpc) is 2.87. The van der Waals surface area contributed by atoms with Gasteiger partial charge in [-0.25, -0.2) is 0 Å². The van der Waals surface area contributed by atoms with E-state index >= 15 is 0 Å². The summed E-state index contributed by atoms with van der Waals surface area (Å²) in [5.41, 5.74) is 2.06. The number of carboxylic acids is 1. The molecule has 0 aromatic heterocycles. The fraction of sp³-hybridized carbons (Fsp3) is 0.500. The van der Waals surface area contributed by atoms with Gasteiger partial charge in [0.15, 0.2) is 0 Å². The van der Waals surface area contributed by atoms with Gasteiger partial charge in [-0.05, 0) is 17.7 Å². The molecule has 0 radical (unpaired) electrons. The fourth-order valence-corrected chi connectivity index (χ4v) is 3.00. The second kappa shape index (κ2) is 5.60. The molecule has 0 aliphatic carbocycles. The zero-order chi connectivity index (χ0) is 14.1. The van der Waals surface area contributed by atoms with E-state index < -0.39 is 12.0 Å². The highest BCUT2D eigenvalue weighted by atomic mass is 35.5. The number of halogens is 1. The lowest BCUT2D eigenvalue weighted by atomic mass is 10.1. The summed E-state index contributed by atoms with van der Waals surface area (Å²) in [5, 5.41) is 9.93. The first-order valence-corrected chi connectivity index (χ1v) is 7.01. The molecule has 20 heavy (non-hydrogen) atoms. The van der Waals surface area contributed by atoms with Gasteiger partial charge in [0.25, 0.3) is 0 Å². The first-order chi connectivity index (χ1) is 9.65. The fourth-order valence-electron chi connectivity index (χ4n) is 2.74. The number of rotatable bonds is 3. The Morgan fingerprint density at radius 1 is 1.45 bits per heavy atom. The van der Waals surface area contributed by atoms with Crippen LogP contribution in [-0.4, -0.2) is 48.4 Å². The quantitative estimate of drug-likeness (QED) is 0.917. The summed E-state index contributed by atoms with van der Waals surface area (Å²) < 4.78 is 10.9. The molecule has 5 nitrogen and oxygen atoms in total. The lowest BCUT2D eigenvalue weighted by Crippen LogP contribution is -2.49. The highest BCUT2D eigenvalue weighted by molar-refractivity contribution is 6.30. The Morgan fingerprint density at radius 2 is 2.30 bits per heavy atom. The van der Waals surface area contributed by atoms with Gasteiger partial charge < -0.3 is 14.6 Å². The van der Waals surface area contributed by atoms with E-state index in [1.54, 1.807) is 0 Å². The molecule has 3 rings (SSSR count). The minimum Gasteiger partial charge on any atom is -0.493 e. The maximum atomic E-state index is 11.3. The van der Waals surface area contributed by atoms with Crippen LogP contribution in [0.2, 0.25) is 5.02 Å². The molecule has 1 aromatic rings. The minimum absolute atomic E-state index is 0.221. The van der Waals surface area contributed by atoms with Crippen molar-refractivity contribution in [2.75, 3.05) is 26.4 Å². The molecule has 2 heterocycles. The molecule has 1 unspecified atom stereocenters. The van der Waals surface area contributed by atoms with Gasteiger partial charge in [0.1, 0.15) is 11.8 Å². The maximum Gasteiger partial charge on any atom is 0.323 e. The Labute approximate surface area is 122 Å². The second-order valence-corrected chi connectivity index (χ2v) is 5.49. The van der Waals surface area contributed by atoms with E-state index in [2.05, 4.69) is 0 Å². The van der Waals surface area contributed by atoms with Crippen molar-refractivity contribution in [1.29, 1.82) is 0 Å². The average molecular weight is 298 g/mol. The molecule has 6 heteroatoms. The number of hydrogen-bond donors (Lipinski definition) is 1. The van der Waals surface area contributed by atoms with Crippen molar-refractivity contribution in [2.24, 2.45) is 0 Å². The van der Waals surface area contributed by atoms with Crippen LogP contribution in [0.4, 0.5) is 0 Å². The molecule has 1 aromatic carbocycles. The highest BCUT2D eigenvalue weighted by Gasteiger charge is 2.30. The lowest BCUT2D eigenvalue weighted by molar-refractivity contribution is -0.150. The second-order valence-electron chi connectivity index (χ2n) is 5.05. The number of benzene rings is 1. The third-order valence-electron chi connectivity index (χ3n) is 3.72. The monoisotopic (exact) mass is 297 g/mol. The molecule has 0 amide bonds. The number of carbonyl (C=O) groups is 1. The number of fused-ring (bicyclic) bond motifs is 1. The van der Waals surface area contributed by atoms with Crippen molar-refractivity contribution >= 4 is 17.6 Å². The van der Waals surface area contributed by atoms with Crippen LogP contribution in [0.5, 0.6) is 5.75 Å². The Kier molecular flexibility index (Phi) is 3.83. The molecule has 0 saturated carbocycles. The molecule has 0 bridgehead atoms. The van der Waals surface area contributed by atoms with Crippen LogP contribution < -0.4 is 4.74 Å². The maximum absolute atomic E-state index is 11.3. The molecule has 2 aliphatic heterocycles. The van der Waals surface area contributed by atoms with Gasteiger partial charge in [-0.15, -0.1) is 0 Å². The summed E-state index contributed by atoms with van der Waals surface area (Å²) in [6.45, 7) is 2.54. The zero-order valence-corrected chi connectivity index (χ0v) is 11.7. The van der Waals surface area contributed by atoms with Crippen molar-refractivity contribution in [2.45, 2.75) is 19.0 Å². The van der Waals surface area contributed by atoms with Crippen LogP contribution in [0, 0.1) is 0 Å². The molecule has 1 atom stereocenters. The summed E-state index contributed by atoms with van der Waals surface area (Å²) in [6.07, 6.45) is 0.856. The molecular weight excluding hydrogens is 282 g/mol. The summed E-state index contributed by atoms with van der Waals surface area (Å²) >= 11 is 6.13. The van der Waals surface area contributed by atoms with Crippen LogP contribution in [-0.2, 0) is 22.5 Å². The van der Waals surface area contributed by atoms with Crippen LogP contribution >= 0.6 is 11.6 Å². The van der Waals surface area contributed by atoms with E-state index in [1.165, 1.54) is 0 Å². The van der Waals surface area contributed by atoms with E-state index in [4.69, 9.17) is 21.1 Å². The van der Waals surface area contributed by atoms with Crippen molar-refractivity contribution < 1.29 is 19.4 Å². The standard InChI is InChI=1S/C14H16ClNO4/c15-11-5-9-1-3-20-13(9)10(6-11)7-16-2-4-19-8-12(16)14(17)18/h5-6,12H,1-4,7-8H2,(H,17,18). The van der Waals surface area contributed by atoms with Crippen LogP contribution in [0.25, 0.3) is 0 Å². The lowest BCUT2D eigenvalue weighted by Gasteiger charge is -2.33. The Balaban J connectivity index is 1.85. The Bertz CT molecular complexity index is 534. The minimum atomic E-state index is -0.857. The van der Waals surface area contributed by atoms with E-state index in [0.29, 0.717) is 31.3 Å². The Hall–Kier alpha value is -1.30. The number of nitrogens with zero attached hydrogens (tertiary/aromatic N) is 1. The molecule has 1 N–H and O–H groups in total. The van der Waals surface area contributed by atoms with Gasteiger partial charge in [-0.2, -0.15) is 0 Å². The SMILES string of the molecule is O=C(O)C1COCCN1Cc1cc(Cl)cc2c1OCC2. The number of carboxylic acid groups (broad SMARTS) is 1. The van der Waals surface area contributed by atoms with Gasteiger partial charge in [0.05, 0.1) is 19.8 Å². The first kappa shape index (κ1) is 13.7. The van der Waals surface area contributed by atoms with Crippen molar-refractivity contribution in [3.05, 3.63) is 28.3 Å². The smallest absolute Gasteiger partial charge is 0.323 e. The highest BCUT2D eigenvalue weighted by Crippen LogP contribution is 2.34.